The van der Waals surface area contributed by atoms with E-state index in [1.165, 1.54) is 4.90 Å². The lowest BCUT2D eigenvalue weighted by Gasteiger charge is -2.24. The second-order valence-electron chi connectivity index (χ2n) is 7.46. The van der Waals surface area contributed by atoms with Gasteiger partial charge in [-0.25, -0.2) is 4.79 Å². The van der Waals surface area contributed by atoms with Crippen LogP contribution in [0.25, 0.3) is 16.3 Å². The molecule has 1 amide bonds. The van der Waals surface area contributed by atoms with E-state index in [4.69, 9.17) is 5.11 Å². The van der Waals surface area contributed by atoms with Gasteiger partial charge in [0, 0.05) is 5.69 Å². The molecule has 1 N–H and O–H groups in total. The zero-order chi connectivity index (χ0) is 23.8. The molecular weight excluding hydrogens is 414 g/mol. The zero-order valence-corrected chi connectivity index (χ0v) is 18.4. The molecule has 0 aliphatic heterocycles. The fraction of sp³-hybridized carbons (Fsp3) is 0.107. The molecule has 0 heterocycles. The highest BCUT2D eigenvalue weighted by Crippen LogP contribution is 2.26. The molecule has 5 heteroatoms. The number of hydrogen-bond acceptors (Lipinski definition) is 3. The third kappa shape index (κ3) is 5.92. The third-order valence-electron chi connectivity index (χ3n) is 5.22. The number of carboxylic acids is 1. The number of nitrogens with zero attached hydrogens (tertiary/aromatic N) is 1. The van der Waals surface area contributed by atoms with Gasteiger partial charge in [0.1, 0.15) is 0 Å². The summed E-state index contributed by atoms with van der Waals surface area (Å²) in [5.41, 5.74) is 3.27. The normalized spacial score (nSPS) is 11.5. The average Bonchev–Trinajstić information content (AvgIpc) is 2.83. The summed E-state index contributed by atoms with van der Waals surface area (Å²) in [6, 6.07) is 21.2. The Balaban J connectivity index is 2.01. The van der Waals surface area contributed by atoms with Crippen LogP contribution in [0.4, 0.5) is 5.69 Å². The SMILES string of the molecule is C=C/C=C\C(=C/C)c1cccc(N(Cc2ccc3ccccc3c2)C(=O)CC(=O)C(=O)O)c1. The number of rotatable bonds is 9. The van der Waals surface area contributed by atoms with Gasteiger partial charge in [-0.2, -0.15) is 0 Å². The first-order valence-electron chi connectivity index (χ1n) is 10.5. The van der Waals surface area contributed by atoms with Gasteiger partial charge in [-0.1, -0.05) is 79.4 Å². The Bertz CT molecular complexity index is 1270. The van der Waals surface area contributed by atoms with Crippen molar-refractivity contribution in [3.05, 3.63) is 109 Å². The first kappa shape index (κ1) is 23.4. The summed E-state index contributed by atoms with van der Waals surface area (Å²) in [4.78, 5) is 37.3. The van der Waals surface area contributed by atoms with Gasteiger partial charge in [-0.05, 0) is 52.6 Å². The van der Waals surface area contributed by atoms with Crippen molar-refractivity contribution in [2.75, 3.05) is 4.90 Å². The largest absolute Gasteiger partial charge is 0.475 e. The van der Waals surface area contributed by atoms with E-state index >= 15 is 0 Å². The molecule has 0 aromatic heterocycles. The number of aliphatic carboxylic acids is 1. The van der Waals surface area contributed by atoms with Crippen LogP contribution >= 0.6 is 0 Å². The second kappa shape index (κ2) is 10.9. The lowest BCUT2D eigenvalue weighted by molar-refractivity contribution is -0.150. The van der Waals surface area contributed by atoms with Crippen molar-refractivity contribution in [1.29, 1.82) is 0 Å². The number of carboxylic acid groups (broad SMARTS) is 1. The molecule has 33 heavy (non-hydrogen) atoms. The van der Waals surface area contributed by atoms with Gasteiger partial charge in [0.2, 0.25) is 11.7 Å². The minimum absolute atomic E-state index is 0.202. The zero-order valence-electron chi connectivity index (χ0n) is 18.4. The van der Waals surface area contributed by atoms with E-state index in [1.807, 2.05) is 85.8 Å². The van der Waals surface area contributed by atoms with Crippen LogP contribution in [0.5, 0.6) is 0 Å². The standard InChI is InChI=1S/C28H25NO4/c1-3-5-9-21(4-2)24-12-8-13-25(17-24)29(27(31)18-26(30)28(32)33)19-20-14-15-22-10-6-7-11-23(22)16-20/h3-17H,1,18-19H2,2H3,(H,32,33)/b9-5-,21-4+. The Labute approximate surface area is 193 Å². The average molecular weight is 440 g/mol. The number of carbonyl (C=O) groups excluding carboxylic acids is 2. The van der Waals surface area contributed by atoms with Crippen molar-refractivity contribution >= 4 is 39.7 Å². The number of benzene rings is 3. The molecule has 0 aliphatic rings. The van der Waals surface area contributed by atoms with Crippen molar-refractivity contribution in [3.63, 3.8) is 0 Å². The molecule has 0 unspecified atom stereocenters. The van der Waals surface area contributed by atoms with Crippen LogP contribution < -0.4 is 4.90 Å². The van der Waals surface area contributed by atoms with Crippen molar-refractivity contribution in [3.8, 4) is 0 Å². The number of fused-ring (bicyclic) bond motifs is 1. The topological polar surface area (TPSA) is 74.7 Å². The Morgan fingerprint density at radius 2 is 1.73 bits per heavy atom. The van der Waals surface area contributed by atoms with Gasteiger partial charge in [-0.15, -0.1) is 0 Å². The summed E-state index contributed by atoms with van der Waals surface area (Å²) in [6.07, 6.45) is 6.66. The molecule has 5 nitrogen and oxygen atoms in total. The number of hydrogen-bond donors (Lipinski definition) is 1. The molecule has 0 aliphatic carbocycles. The van der Waals surface area contributed by atoms with Crippen LogP contribution in [-0.2, 0) is 20.9 Å². The highest BCUT2D eigenvalue weighted by Gasteiger charge is 2.23. The number of amides is 1. The van der Waals surface area contributed by atoms with Crippen molar-refractivity contribution in [1.82, 2.24) is 0 Å². The molecule has 0 bridgehead atoms. The molecule has 0 atom stereocenters. The molecule has 166 valence electrons. The van der Waals surface area contributed by atoms with Crippen molar-refractivity contribution < 1.29 is 19.5 Å². The smallest absolute Gasteiger partial charge is 0.372 e. The molecule has 3 aromatic rings. The van der Waals surface area contributed by atoms with Gasteiger partial charge in [0.25, 0.3) is 0 Å². The van der Waals surface area contributed by atoms with Crippen LogP contribution in [0.15, 0.2) is 97.6 Å². The number of carbonyl (C=O) groups is 3. The second-order valence-corrected chi connectivity index (χ2v) is 7.46. The van der Waals surface area contributed by atoms with Crippen molar-refractivity contribution in [2.45, 2.75) is 19.9 Å². The van der Waals surface area contributed by atoms with E-state index in [0.717, 1.165) is 27.5 Å². The minimum atomic E-state index is -1.62. The van der Waals surface area contributed by atoms with Crippen LogP contribution in [0, 0.1) is 0 Å². The molecule has 0 saturated heterocycles. The minimum Gasteiger partial charge on any atom is -0.475 e. The van der Waals surface area contributed by atoms with Crippen molar-refractivity contribution in [2.24, 2.45) is 0 Å². The summed E-state index contributed by atoms with van der Waals surface area (Å²) in [5.74, 6) is -3.33. The Hall–Kier alpha value is -4.25. The first-order chi connectivity index (χ1) is 15.9. The van der Waals surface area contributed by atoms with Gasteiger partial charge in [0.05, 0.1) is 13.0 Å². The van der Waals surface area contributed by atoms with E-state index in [1.54, 1.807) is 12.1 Å². The van der Waals surface area contributed by atoms with Crippen LogP contribution in [0.3, 0.4) is 0 Å². The molecular formula is C28H25NO4. The number of ketones is 1. The van der Waals surface area contributed by atoms with Gasteiger partial charge >= 0.3 is 5.97 Å². The molecule has 0 spiro atoms. The Kier molecular flexibility index (Phi) is 7.71. The van der Waals surface area contributed by atoms with Gasteiger partial charge < -0.3 is 10.0 Å². The summed E-state index contributed by atoms with van der Waals surface area (Å²) < 4.78 is 0. The van der Waals surface area contributed by atoms with E-state index in [0.29, 0.717) is 5.69 Å². The van der Waals surface area contributed by atoms with E-state index in [9.17, 15) is 14.4 Å². The maximum atomic E-state index is 13.0. The maximum Gasteiger partial charge on any atom is 0.372 e. The fourth-order valence-corrected chi connectivity index (χ4v) is 3.54. The van der Waals surface area contributed by atoms with Gasteiger partial charge in [-0.3, -0.25) is 9.59 Å². The summed E-state index contributed by atoms with van der Waals surface area (Å²) in [7, 11) is 0. The molecule has 3 aromatic carbocycles. The van der Waals surface area contributed by atoms with Crippen LogP contribution in [-0.4, -0.2) is 22.8 Å². The predicted octanol–water partition coefficient (Wildman–Crippen LogP) is 5.56. The Morgan fingerprint density at radius 1 is 0.970 bits per heavy atom. The third-order valence-corrected chi connectivity index (χ3v) is 5.22. The van der Waals surface area contributed by atoms with Gasteiger partial charge in [0.15, 0.2) is 0 Å². The van der Waals surface area contributed by atoms with Crippen LogP contribution in [0.2, 0.25) is 0 Å². The summed E-state index contributed by atoms with van der Waals surface area (Å²) >= 11 is 0. The monoisotopic (exact) mass is 439 g/mol. The molecule has 3 rings (SSSR count). The highest BCUT2D eigenvalue weighted by atomic mass is 16.4. The van der Waals surface area contributed by atoms with E-state index < -0.39 is 24.1 Å². The lowest BCUT2D eigenvalue weighted by Crippen LogP contribution is -2.33. The predicted molar refractivity (Wildman–Crippen MR) is 132 cm³/mol. The number of anilines is 1. The summed E-state index contributed by atoms with van der Waals surface area (Å²) in [5, 5.41) is 11.1. The Morgan fingerprint density at radius 3 is 2.42 bits per heavy atom. The first-order valence-corrected chi connectivity index (χ1v) is 10.5. The lowest BCUT2D eigenvalue weighted by atomic mass is 10.0. The van der Waals surface area contributed by atoms with E-state index in [-0.39, 0.29) is 6.54 Å². The maximum absolute atomic E-state index is 13.0. The van der Waals surface area contributed by atoms with Crippen LogP contribution in [0.1, 0.15) is 24.5 Å². The number of allylic oxidation sites excluding steroid dienone is 5. The molecule has 0 saturated carbocycles. The highest BCUT2D eigenvalue weighted by molar-refractivity contribution is 6.36. The fourth-order valence-electron chi connectivity index (χ4n) is 3.54. The quantitative estimate of drug-likeness (QED) is 0.269. The summed E-state index contributed by atoms with van der Waals surface area (Å²) in [6.45, 7) is 5.81. The molecule has 0 radical (unpaired) electrons. The number of Topliss-reactive ketones (excluding diaryl/α,β-unsaturated/α-hetero) is 1. The van der Waals surface area contributed by atoms with E-state index in [2.05, 4.69) is 6.58 Å². The molecule has 0 fully saturated rings.